The number of rotatable bonds is 7. The van der Waals surface area contributed by atoms with Crippen molar-refractivity contribution in [1.29, 1.82) is 0 Å². The molecule has 3 aliphatic rings. The first-order chi connectivity index (χ1) is 15.2. The van der Waals surface area contributed by atoms with Crippen LogP contribution in [-0.2, 0) is 19.6 Å². The molecule has 3 fully saturated rings. The van der Waals surface area contributed by atoms with Gasteiger partial charge in [-0.2, -0.15) is 0 Å². The third-order valence-corrected chi connectivity index (χ3v) is 7.33. The summed E-state index contributed by atoms with van der Waals surface area (Å²) in [5.41, 5.74) is 0.581. The topological polar surface area (TPSA) is 79.0 Å². The highest BCUT2D eigenvalue weighted by atomic mass is 32.2. The van der Waals surface area contributed by atoms with E-state index in [1.807, 2.05) is 11.0 Å². The van der Waals surface area contributed by atoms with Gasteiger partial charge in [0.2, 0.25) is 15.9 Å². The number of ether oxygens (including phenoxy) is 1. The molecule has 10 heteroatoms. The lowest BCUT2D eigenvalue weighted by Crippen LogP contribution is -2.59. The highest BCUT2D eigenvalue weighted by Gasteiger charge is 2.48. The van der Waals surface area contributed by atoms with E-state index in [2.05, 4.69) is 4.72 Å². The smallest absolute Gasteiger partial charge is 0.229 e. The fraction of sp³-hybridized carbons (Fsp3) is 0.682. The van der Waals surface area contributed by atoms with E-state index >= 15 is 0 Å². The van der Waals surface area contributed by atoms with Gasteiger partial charge in [0.15, 0.2) is 0 Å². The summed E-state index contributed by atoms with van der Waals surface area (Å²) in [5, 5.41) is 0. The molecule has 1 aromatic rings. The van der Waals surface area contributed by atoms with Gasteiger partial charge in [0.25, 0.3) is 0 Å². The van der Waals surface area contributed by atoms with Crippen molar-refractivity contribution in [2.45, 2.75) is 56.5 Å². The van der Waals surface area contributed by atoms with Crippen LogP contribution >= 0.6 is 0 Å². The Morgan fingerprint density at radius 1 is 1.19 bits per heavy atom. The predicted octanol–water partition coefficient (Wildman–Crippen LogP) is 2.08. The van der Waals surface area contributed by atoms with Crippen LogP contribution in [0.3, 0.4) is 0 Å². The summed E-state index contributed by atoms with van der Waals surface area (Å²) in [4.78, 5) is 16.4. The van der Waals surface area contributed by atoms with Gasteiger partial charge in [-0.25, -0.2) is 21.9 Å². The van der Waals surface area contributed by atoms with Crippen LogP contribution < -0.4 is 9.62 Å². The van der Waals surface area contributed by atoms with Crippen molar-refractivity contribution < 1.29 is 26.7 Å². The van der Waals surface area contributed by atoms with Crippen LogP contribution in [0, 0.1) is 11.7 Å². The second-order valence-corrected chi connectivity index (χ2v) is 10.8. The number of nitrogens with one attached hydrogen (secondary N) is 1. The molecule has 7 nitrogen and oxygen atoms in total. The molecule has 1 aliphatic carbocycles. The number of hydrogen-bond acceptors (Lipinski definition) is 5. The largest absolute Gasteiger partial charge is 0.376 e. The monoisotopic (exact) mass is 471 g/mol. The molecular formula is C22H31F2N3O4S. The van der Waals surface area contributed by atoms with Gasteiger partial charge in [-0.1, -0.05) is 12.1 Å². The maximum absolute atomic E-state index is 14.1. The van der Waals surface area contributed by atoms with Crippen LogP contribution in [0.4, 0.5) is 14.5 Å². The van der Waals surface area contributed by atoms with Crippen LogP contribution in [0.5, 0.6) is 0 Å². The van der Waals surface area contributed by atoms with Crippen molar-refractivity contribution in [2.24, 2.45) is 5.92 Å². The lowest BCUT2D eigenvalue weighted by molar-refractivity contribution is -0.140. The fourth-order valence-corrected chi connectivity index (χ4v) is 5.61. The summed E-state index contributed by atoms with van der Waals surface area (Å²) >= 11 is 0. The molecule has 1 N–H and O–H groups in total. The number of halogens is 2. The molecule has 2 saturated heterocycles. The average Bonchev–Trinajstić information content (AvgIpc) is 3.48. The van der Waals surface area contributed by atoms with Gasteiger partial charge >= 0.3 is 0 Å². The summed E-state index contributed by atoms with van der Waals surface area (Å²) in [6.07, 6.45) is 2.83. The molecule has 2 heterocycles. The van der Waals surface area contributed by atoms with E-state index in [-0.39, 0.29) is 30.9 Å². The number of nitrogens with zero attached hydrogens (tertiary/aromatic N) is 2. The Labute approximate surface area is 188 Å². The molecule has 0 radical (unpaired) electrons. The van der Waals surface area contributed by atoms with E-state index in [9.17, 15) is 22.0 Å². The van der Waals surface area contributed by atoms with Gasteiger partial charge in [-0.3, -0.25) is 4.79 Å². The normalized spacial score (nSPS) is 29.2. The van der Waals surface area contributed by atoms with E-state index in [0.717, 1.165) is 6.26 Å². The van der Waals surface area contributed by atoms with Crippen LogP contribution in [-0.4, -0.2) is 76.1 Å². The standard InChI is InChI=1S/C22H31F2N3O4S/c1-32(29,30)25-19-6-4-10-27(22(28)16-13-18(16)24)21(19)14-31-15-8-11-26(12-9-15)20-7-3-2-5-17(20)23/h2-3,5,7,15-16,18-19,21,25H,4,6,8-14H2,1H3/t16-,18-,19-,21-/m0/s1. The van der Waals surface area contributed by atoms with Crippen molar-refractivity contribution in [3.63, 3.8) is 0 Å². The van der Waals surface area contributed by atoms with Crippen LogP contribution in [0.2, 0.25) is 0 Å². The number of alkyl halides is 1. The van der Waals surface area contributed by atoms with E-state index < -0.39 is 34.2 Å². The number of benzene rings is 1. The van der Waals surface area contributed by atoms with Crippen molar-refractivity contribution >= 4 is 21.6 Å². The number of hydrogen-bond donors (Lipinski definition) is 1. The molecule has 2 aliphatic heterocycles. The number of carbonyl (C=O) groups excluding carboxylic acids is 1. The van der Waals surface area contributed by atoms with Crippen molar-refractivity contribution in [1.82, 2.24) is 9.62 Å². The van der Waals surface area contributed by atoms with Gasteiger partial charge < -0.3 is 14.5 Å². The Balaban J connectivity index is 1.38. The number of para-hydroxylation sites is 1. The second kappa shape index (κ2) is 9.61. The number of anilines is 1. The molecule has 0 aromatic heterocycles. The number of amides is 1. The minimum Gasteiger partial charge on any atom is -0.376 e. The highest BCUT2D eigenvalue weighted by Crippen LogP contribution is 2.37. The molecule has 4 atom stereocenters. The summed E-state index contributed by atoms with van der Waals surface area (Å²) < 4.78 is 60.1. The van der Waals surface area contributed by atoms with Crippen molar-refractivity contribution in [3.8, 4) is 0 Å². The number of piperidine rings is 2. The van der Waals surface area contributed by atoms with Crippen LogP contribution in [0.15, 0.2) is 24.3 Å². The van der Waals surface area contributed by atoms with Crippen LogP contribution in [0.25, 0.3) is 0 Å². The Kier molecular flexibility index (Phi) is 7.02. The molecule has 1 aromatic carbocycles. The first kappa shape index (κ1) is 23.4. The Bertz CT molecular complexity index is 924. The van der Waals surface area contributed by atoms with E-state index in [1.54, 1.807) is 17.0 Å². The second-order valence-electron chi connectivity index (χ2n) is 9.07. The number of sulfonamides is 1. The molecular weight excluding hydrogens is 440 g/mol. The highest BCUT2D eigenvalue weighted by molar-refractivity contribution is 7.88. The Hall–Kier alpha value is -1.78. The molecule has 1 amide bonds. The third-order valence-electron chi connectivity index (χ3n) is 6.60. The minimum atomic E-state index is -3.47. The summed E-state index contributed by atoms with van der Waals surface area (Å²) in [6.45, 7) is 1.96. The zero-order valence-electron chi connectivity index (χ0n) is 18.3. The summed E-state index contributed by atoms with van der Waals surface area (Å²) in [5.74, 6) is -1.11. The molecule has 4 rings (SSSR count). The molecule has 0 bridgehead atoms. The Morgan fingerprint density at radius 3 is 2.50 bits per heavy atom. The quantitative estimate of drug-likeness (QED) is 0.659. The molecule has 178 valence electrons. The summed E-state index contributed by atoms with van der Waals surface area (Å²) in [7, 11) is -3.47. The molecule has 0 spiro atoms. The lowest BCUT2D eigenvalue weighted by atomic mass is 9.96. The molecule has 1 saturated carbocycles. The van der Waals surface area contributed by atoms with Gasteiger partial charge in [-0.15, -0.1) is 0 Å². The zero-order chi connectivity index (χ0) is 22.9. The third kappa shape index (κ3) is 5.58. The Morgan fingerprint density at radius 2 is 1.88 bits per heavy atom. The lowest BCUT2D eigenvalue weighted by Gasteiger charge is -2.42. The van der Waals surface area contributed by atoms with Gasteiger partial charge in [0.1, 0.15) is 12.0 Å². The SMILES string of the molecule is CS(=O)(=O)N[C@H]1CCCN(C(=O)[C@H]2C[C@@H]2F)[C@H]1COC1CCN(c2ccccc2F)CC1. The first-order valence-corrected chi connectivity index (χ1v) is 13.1. The van der Waals surface area contributed by atoms with Gasteiger partial charge in [0.05, 0.1) is 36.6 Å². The zero-order valence-corrected chi connectivity index (χ0v) is 19.1. The van der Waals surface area contributed by atoms with Crippen LogP contribution in [0.1, 0.15) is 32.1 Å². The minimum absolute atomic E-state index is 0.0642. The summed E-state index contributed by atoms with van der Waals surface area (Å²) in [6, 6.07) is 5.76. The maximum atomic E-state index is 14.1. The average molecular weight is 472 g/mol. The van der Waals surface area contributed by atoms with E-state index in [1.165, 1.54) is 6.07 Å². The first-order valence-electron chi connectivity index (χ1n) is 11.3. The fourth-order valence-electron chi connectivity index (χ4n) is 4.79. The van der Waals surface area contributed by atoms with Crippen molar-refractivity contribution in [2.75, 3.05) is 37.4 Å². The molecule has 32 heavy (non-hydrogen) atoms. The molecule has 0 unspecified atom stereocenters. The van der Waals surface area contributed by atoms with Gasteiger partial charge in [-0.05, 0) is 44.2 Å². The predicted molar refractivity (Wildman–Crippen MR) is 117 cm³/mol. The van der Waals surface area contributed by atoms with E-state index in [0.29, 0.717) is 51.0 Å². The van der Waals surface area contributed by atoms with Gasteiger partial charge in [0, 0.05) is 25.7 Å². The van der Waals surface area contributed by atoms with E-state index in [4.69, 9.17) is 4.74 Å². The number of carbonyl (C=O) groups is 1. The number of likely N-dealkylation sites (tertiary alicyclic amines) is 1. The maximum Gasteiger partial charge on any atom is 0.229 e. The van der Waals surface area contributed by atoms with Crippen molar-refractivity contribution in [3.05, 3.63) is 30.1 Å².